The van der Waals surface area contributed by atoms with Gasteiger partial charge in [0.05, 0.1) is 33.5 Å². The normalized spacial score (nSPS) is 11.7. The lowest BCUT2D eigenvalue weighted by atomic mass is 9.96. The summed E-state index contributed by atoms with van der Waals surface area (Å²) >= 11 is 0. The fourth-order valence-electron chi connectivity index (χ4n) is 9.03. The zero-order valence-corrected chi connectivity index (χ0v) is 32.0. The van der Waals surface area contributed by atoms with E-state index in [1.165, 1.54) is 49.3 Å². The van der Waals surface area contributed by atoms with E-state index in [1.54, 1.807) is 0 Å². The average molecular weight is 750 g/mol. The summed E-state index contributed by atoms with van der Waals surface area (Å²) in [4.78, 5) is 10.4. The second-order valence-electron chi connectivity index (χ2n) is 15.4. The molecule has 0 aliphatic carbocycles. The van der Waals surface area contributed by atoms with Gasteiger partial charge in [-0.3, -0.25) is 0 Å². The van der Waals surface area contributed by atoms with Crippen LogP contribution in [0.15, 0.2) is 212 Å². The molecule has 3 aromatic heterocycles. The molecule has 0 aliphatic heterocycles. The topological polar surface area (TPSA) is 30.7 Å². The van der Waals surface area contributed by atoms with Gasteiger partial charge in [-0.25, -0.2) is 9.97 Å². The molecular formula is C56H35N3. The highest BCUT2D eigenvalue weighted by Crippen LogP contribution is 2.41. The second kappa shape index (κ2) is 13.4. The van der Waals surface area contributed by atoms with Gasteiger partial charge >= 0.3 is 0 Å². The van der Waals surface area contributed by atoms with Crippen LogP contribution in [0, 0.1) is 0 Å². The quantitative estimate of drug-likeness (QED) is 0.164. The number of hydrogen-bond acceptors (Lipinski definition) is 2. The van der Waals surface area contributed by atoms with Gasteiger partial charge in [0.15, 0.2) is 0 Å². The first-order chi connectivity index (χ1) is 29.2. The van der Waals surface area contributed by atoms with E-state index in [9.17, 15) is 0 Å². The molecule has 3 heteroatoms. The van der Waals surface area contributed by atoms with E-state index >= 15 is 0 Å². The zero-order chi connectivity index (χ0) is 38.9. The molecule has 0 fully saturated rings. The lowest BCUT2D eigenvalue weighted by Crippen LogP contribution is -1.94. The Morgan fingerprint density at radius 1 is 0.305 bits per heavy atom. The third kappa shape index (κ3) is 5.51. The number of nitrogens with zero attached hydrogens (tertiary/aromatic N) is 3. The van der Waals surface area contributed by atoms with Gasteiger partial charge in [-0.15, -0.1) is 0 Å². The van der Waals surface area contributed by atoms with Crippen LogP contribution in [0.3, 0.4) is 0 Å². The molecule has 12 rings (SSSR count). The Balaban J connectivity index is 1.00. The Morgan fingerprint density at radius 2 is 0.881 bits per heavy atom. The SMILES string of the molecule is c1ccc(-c2ccc3ccc4ccc(-c5ccc(-c6ccc7c(c6)c6cc8c(cc6n7-c6ccccc6)c(-c6ccccc6)nc6ccccc68)cc5)cc4c3n2)cc1. The minimum Gasteiger partial charge on any atom is -0.309 e. The summed E-state index contributed by atoms with van der Waals surface area (Å²) in [6.45, 7) is 0. The second-order valence-corrected chi connectivity index (χ2v) is 15.4. The minimum absolute atomic E-state index is 0.986. The first kappa shape index (κ1) is 33.3. The van der Waals surface area contributed by atoms with Gasteiger partial charge in [-0.05, 0) is 87.6 Å². The largest absolute Gasteiger partial charge is 0.309 e. The Hall–Kier alpha value is -7.88. The Labute approximate surface area is 341 Å². The number of benzene rings is 9. The fourth-order valence-corrected chi connectivity index (χ4v) is 9.03. The third-order valence-electron chi connectivity index (χ3n) is 11.9. The van der Waals surface area contributed by atoms with Crippen molar-refractivity contribution in [1.29, 1.82) is 0 Å². The van der Waals surface area contributed by atoms with Crippen molar-refractivity contribution in [3.05, 3.63) is 212 Å². The summed E-state index contributed by atoms with van der Waals surface area (Å²) in [5.74, 6) is 0. The fraction of sp³-hybridized carbons (Fsp3) is 0. The summed E-state index contributed by atoms with van der Waals surface area (Å²) in [6.07, 6.45) is 0. The van der Waals surface area contributed by atoms with E-state index in [0.717, 1.165) is 66.3 Å². The number of fused-ring (bicyclic) bond motifs is 9. The Morgan fingerprint density at radius 3 is 1.64 bits per heavy atom. The van der Waals surface area contributed by atoms with Gasteiger partial charge < -0.3 is 4.57 Å². The maximum atomic E-state index is 5.25. The summed E-state index contributed by atoms with van der Waals surface area (Å²) < 4.78 is 2.40. The molecule has 0 amide bonds. The van der Waals surface area contributed by atoms with Gasteiger partial charge in [0.25, 0.3) is 0 Å². The summed E-state index contributed by atoms with van der Waals surface area (Å²) in [6, 6.07) is 76.3. The number of hydrogen-bond donors (Lipinski definition) is 0. The third-order valence-corrected chi connectivity index (χ3v) is 11.9. The summed E-state index contributed by atoms with van der Waals surface area (Å²) in [5.41, 5.74) is 14.4. The van der Waals surface area contributed by atoms with Crippen LogP contribution in [-0.2, 0) is 0 Å². The summed E-state index contributed by atoms with van der Waals surface area (Å²) in [7, 11) is 0. The van der Waals surface area contributed by atoms with Crippen LogP contribution in [0.25, 0.3) is 116 Å². The molecule has 0 bridgehead atoms. The molecular weight excluding hydrogens is 715 g/mol. The van der Waals surface area contributed by atoms with Crippen LogP contribution in [0.4, 0.5) is 0 Å². The molecule has 0 atom stereocenters. The monoisotopic (exact) mass is 749 g/mol. The van der Waals surface area contributed by atoms with Crippen LogP contribution >= 0.6 is 0 Å². The van der Waals surface area contributed by atoms with Crippen molar-refractivity contribution in [2.24, 2.45) is 0 Å². The number of rotatable bonds is 5. The smallest absolute Gasteiger partial charge is 0.0788 e. The van der Waals surface area contributed by atoms with Gasteiger partial charge in [0.2, 0.25) is 0 Å². The molecule has 274 valence electrons. The maximum absolute atomic E-state index is 5.25. The number of para-hydroxylation sites is 2. The molecule has 59 heavy (non-hydrogen) atoms. The van der Waals surface area contributed by atoms with Gasteiger partial charge in [-0.1, -0.05) is 158 Å². The lowest BCUT2D eigenvalue weighted by molar-refractivity contribution is 1.18. The molecule has 0 radical (unpaired) electrons. The van der Waals surface area contributed by atoms with Crippen molar-refractivity contribution in [1.82, 2.24) is 14.5 Å². The van der Waals surface area contributed by atoms with Crippen molar-refractivity contribution < 1.29 is 0 Å². The lowest BCUT2D eigenvalue weighted by Gasteiger charge is -2.12. The van der Waals surface area contributed by atoms with Crippen molar-refractivity contribution in [2.45, 2.75) is 0 Å². The van der Waals surface area contributed by atoms with Crippen molar-refractivity contribution in [3.63, 3.8) is 0 Å². The van der Waals surface area contributed by atoms with Gasteiger partial charge in [0, 0.05) is 49.1 Å². The van der Waals surface area contributed by atoms with E-state index in [0.29, 0.717) is 0 Å². The predicted molar refractivity (Wildman–Crippen MR) is 248 cm³/mol. The van der Waals surface area contributed by atoms with Crippen LogP contribution < -0.4 is 0 Å². The molecule has 12 aromatic rings. The van der Waals surface area contributed by atoms with Crippen molar-refractivity contribution in [3.8, 4) is 50.5 Å². The number of aromatic nitrogens is 3. The van der Waals surface area contributed by atoms with E-state index in [4.69, 9.17) is 9.97 Å². The highest BCUT2D eigenvalue weighted by atomic mass is 15.0. The van der Waals surface area contributed by atoms with E-state index in [2.05, 4.69) is 211 Å². The van der Waals surface area contributed by atoms with Crippen molar-refractivity contribution in [2.75, 3.05) is 0 Å². The van der Waals surface area contributed by atoms with Gasteiger partial charge in [0.1, 0.15) is 0 Å². The molecule has 0 unspecified atom stereocenters. The Bertz CT molecular complexity index is 3570. The predicted octanol–water partition coefficient (Wildman–Crippen LogP) is 14.9. The molecule has 9 aromatic carbocycles. The molecule has 0 N–H and O–H groups in total. The van der Waals surface area contributed by atoms with Crippen LogP contribution in [-0.4, -0.2) is 14.5 Å². The number of pyridine rings is 2. The highest BCUT2D eigenvalue weighted by molar-refractivity contribution is 6.20. The maximum Gasteiger partial charge on any atom is 0.0788 e. The van der Waals surface area contributed by atoms with Crippen LogP contribution in [0.1, 0.15) is 0 Å². The first-order valence-electron chi connectivity index (χ1n) is 20.1. The summed E-state index contributed by atoms with van der Waals surface area (Å²) in [5, 5.41) is 9.44. The van der Waals surface area contributed by atoms with E-state index in [1.807, 2.05) is 6.07 Å². The van der Waals surface area contributed by atoms with Crippen LogP contribution in [0.5, 0.6) is 0 Å². The zero-order valence-electron chi connectivity index (χ0n) is 32.0. The molecule has 3 nitrogen and oxygen atoms in total. The molecule has 0 saturated heterocycles. The molecule has 0 aliphatic rings. The molecule has 0 saturated carbocycles. The Kier molecular flexibility index (Phi) is 7.54. The average Bonchev–Trinajstić information content (AvgIpc) is 3.63. The van der Waals surface area contributed by atoms with E-state index in [-0.39, 0.29) is 0 Å². The standard InChI is InChI=1S/C56H35N3/c1-4-12-39(13-5-1)51-30-28-41-26-24-38-25-27-42(32-46(38)55(41)57-51)36-20-22-37(23-21-36)43-29-31-53-48(33-43)49-34-47-45-18-10-11-19-52(45)58-56(40-14-6-2-7-15-40)50(47)35-54(49)59(53)44-16-8-3-9-17-44/h1-35H. The highest BCUT2D eigenvalue weighted by Gasteiger charge is 2.18. The minimum atomic E-state index is 0.986. The molecule has 3 heterocycles. The van der Waals surface area contributed by atoms with Crippen molar-refractivity contribution >= 4 is 65.2 Å². The van der Waals surface area contributed by atoms with E-state index < -0.39 is 0 Å². The van der Waals surface area contributed by atoms with Crippen LogP contribution in [0.2, 0.25) is 0 Å². The molecule has 0 spiro atoms. The first-order valence-corrected chi connectivity index (χ1v) is 20.1. The van der Waals surface area contributed by atoms with Gasteiger partial charge in [-0.2, -0.15) is 0 Å².